The number of benzene rings is 1. The number of likely N-dealkylation sites (tertiary alicyclic amines) is 1. The molecule has 4 heteroatoms. The van der Waals surface area contributed by atoms with Crippen molar-refractivity contribution < 1.29 is 5.11 Å². The van der Waals surface area contributed by atoms with E-state index in [9.17, 15) is 5.11 Å². The zero-order valence-corrected chi connectivity index (χ0v) is 14.1. The minimum Gasteiger partial charge on any atom is -0.396 e. The van der Waals surface area contributed by atoms with Crippen LogP contribution in [0.1, 0.15) is 43.4 Å². The molecule has 1 aliphatic rings. The van der Waals surface area contributed by atoms with Gasteiger partial charge in [0.2, 0.25) is 0 Å². The molecule has 0 saturated carbocycles. The molecule has 0 unspecified atom stereocenters. The molecule has 0 aliphatic carbocycles. The monoisotopic (exact) mass is 313 g/mol. The van der Waals surface area contributed by atoms with Crippen LogP contribution in [0.3, 0.4) is 0 Å². The van der Waals surface area contributed by atoms with Crippen LogP contribution in [-0.2, 0) is 6.54 Å². The Labute approximate surface area is 138 Å². The number of aliphatic hydroxyl groups excluding tert-OH is 1. The second-order valence-corrected chi connectivity index (χ2v) is 6.91. The molecule has 1 N–H and O–H groups in total. The Kier molecular flexibility index (Phi) is 5.13. The molecule has 0 spiro atoms. The van der Waals surface area contributed by atoms with Gasteiger partial charge in [-0.3, -0.25) is 9.58 Å². The highest BCUT2D eigenvalue weighted by molar-refractivity contribution is 5.21. The fourth-order valence-corrected chi connectivity index (χ4v) is 3.57. The number of aliphatic hydroxyl groups is 1. The molecule has 1 aliphatic heterocycles. The second kappa shape index (κ2) is 7.28. The van der Waals surface area contributed by atoms with E-state index in [1.54, 1.807) is 0 Å². The van der Waals surface area contributed by atoms with E-state index in [0.29, 0.717) is 17.9 Å². The van der Waals surface area contributed by atoms with Crippen molar-refractivity contribution in [3.05, 3.63) is 53.9 Å². The number of aromatic nitrogens is 2. The second-order valence-electron chi connectivity index (χ2n) is 6.91. The fourth-order valence-electron chi connectivity index (χ4n) is 3.57. The van der Waals surface area contributed by atoms with Crippen molar-refractivity contribution in [3.8, 4) is 0 Å². The van der Waals surface area contributed by atoms with Crippen LogP contribution < -0.4 is 0 Å². The van der Waals surface area contributed by atoms with Crippen LogP contribution >= 0.6 is 0 Å². The topological polar surface area (TPSA) is 41.3 Å². The van der Waals surface area contributed by atoms with Crippen molar-refractivity contribution in [2.24, 2.45) is 5.92 Å². The van der Waals surface area contributed by atoms with Crippen LogP contribution in [0.5, 0.6) is 0 Å². The predicted octanol–water partition coefficient (Wildman–Crippen LogP) is 3.06. The van der Waals surface area contributed by atoms with Gasteiger partial charge in [0.25, 0.3) is 0 Å². The van der Waals surface area contributed by atoms with Gasteiger partial charge in [-0.25, -0.2) is 0 Å². The van der Waals surface area contributed by atoms with Gasteiger partial charge in [-0.1, -0.05) is 30.3 Å². The Morgan fingerprint density at radius 3 is 2.70 bits per heavy atom. The Morgan fingerprint density at radius 1 is 1.26 bits per heavy atom. The van der Waals surface area contributed by atoms with Crippen molar-refractivity contribution >= 4 is 0 Å². The van der Waals surface area contributed by atoms with E-state index in [-0.39, 0.29) is 6.61 Å². The highest BCUT2D eigenvalue weighted by atomic mass is 16.3. The van der Waals surface area contributed by atoms with E-state index in [2.05, 4.69) is 60.4 Å². The maximum Gasteiger partial charge on any atom is 0.0534 e. The van der Waals surface area contributed by atoms with Gasteiger partial charge in [0.1, 0.15) is 0 Å². The van der Waals surface area contributed by atoms with Crippen LogP contribution in [0.15, 0.2) is 42.7 Å². The van der Waals surface area contributed by atoms with E-state index in [4.69, 9.17) is 0 Å². The molecule has 0 radical (unpaired) electrons. The van der Waals surface area contributed by atoms with Gasteiger partial charge >= 0.3 is 0 Å². The van der Waals surface area contributed by atoms with Gasteiger partial charge in [-0.15, -0.1) is 0 Å². The summed E-state index contributed by atoms with van der Waals surface area (Å²) in [6.45, 7) is 7.48. The van der Waals surface area contributed by atoms with Gasteiger partial charge in [-0.2, -0.15) is 5.10 Å². The minimum atomic E-state index is 0.251. The lowest BCUT2D eigenvalue weighted by atomic mass is 9.81. The molecule has 4 nitrogen and oxygen atoms in total. The summed E-state index contributed by atoms with van der Waals surface area (Å²) in [6.07, 6.45) is 5.21. The molecule has 2 heterocycles. The molecule has 1 saturated heterocycles. The number of hydrogen-bond donors (Lipinski definition) is 1. The summed E-state index contributed by atoms with van der Waals surface area (Å²) in [6, 6.07) is 11.0. The average Bonchev–Trinajstić information content (AvgIpc) is 3.04. The largest absolute Gasteiger partial charge is 0.396 e. The summed E-state index contributed by atoms with van der Waals surface area (Å²) in [5.74, 6) is 0.780. The van der Waals surface area contributed by atoms with Crippen molar-refractivity contribution in [1.82, 2.24) is 14.7 Å². The molecule has 2 atom stereocenters. The molecular weight excluding hydrogens is 286 g/mol. The first-order valence-electron chi connectivity index (χ1n) is 8.58. The zero-order chi connectivity index (χ0) is 16.2. The average molecular weight is 313 g/mol. The number of piperidine rings is 1. The number of hydrogen-bond acceptors (Lipinski definition) is 3. The molecule has 23 heavy (non-hydrogen) atoms. The Bertz CT molecular complexity index is 608. The lowest BCUT2D eigenvalue weighted by Gasteiger charge is -2.38. The van der Waals surface area contributed by atoms with Crippen molar-refractivity contribution in [1.29, 1.82) is 0 Å². The molecule has 1 aromatic carbocycles. The van der Waals surface area contributed by atoms with Gasteiger partial charge in [-0.05, 0) is 38.3 Å². The molecular formula is C19H27N3O. The third kappa shape index (κ3) is 3.82. The van der Waals surface area contributed by atoms with Crippen LogP contribution in [-0.4, -0.2) is 39.5 Å². The maximum absolute atomic E-state index is 9.84. The summed E-state index contributed by atoms with van der Waals surface area (Å²) >= 11 is 0. The van der Waals surface area contributed by atoms with Crippen LogP contribution in [0, 0.1) is 5.92 Å². The Morgan fingerprint density at radius 2 is 2.04 bits per heavy atom. The normalized spacial score (nSPS) is 22.6. The summed E-state index contributed by atoms with van der Waals surface area (Å²) in [5, 5.41) is 14.3. The molecule has 1 aromatic heterocycles. The van der Waals surface area contributed by atoms with E-state index in [0.717, 1.165) is 26.1 Å². The first kappa shape index (κ1) is 16.2. The Hall–Kier alpha value is -1.65. The van der Waals surface area contributed by atoms with E-state index in [1.807, 2.05) is 10.9 Å². The van der Waals surface area contributed by atoms with Crippen LogP contribution in [0.4, 0.5) is 0 Å². The molecule has 2 aromatic rings. The van der Waals surface area contributed by atoms with Gasteiger partial charge in [0, 0.05) is 43.4 Å². The highest BCUT2D eigenvalue weighted by Gasteiger charge is 2.29. The predicted molar refractivity (Wildman–Crippen MR) is 92.3 cm³/mol. The van der Waals surface area contributed by atoms with Crippen molar-refractivity contribution in [2.75, 3.05) is 19.7 Å². The molecule has 3 rings (SSSR count). The summed E-state index contributed by atoms with van der Waals surface area (Å²) < 4.78 is 2.01. The zero-order valence-electron chi connectivity index (χ0n) is 14.1. The third-order valence-electron chi connectivity index (χ3n) is 4.87. The van der Waals surface area contributed by atoms with Crippen molar-refractivity contribution in [3.63, 3.8) is 0 Å². The van der Waals surface area contributed by atoms with E-state index < -0.39 is 0 Å². The first-order valence-corrected chi connectivity index (χ1v) is 8.58. The molecule has 0 bridgehead atoms. The maximum atomic E-state index is 9.84. The van der Waals surface area contributed by atoms with Gasteiger partial charge < -0.3 is 5.11 Å². The smallest absolute Gasteiger partial charge is 0.0534 e. The highest BCUT2D eigenvalue weighted by Crippen LogP contribution is 2.33. The quantitative estimate of drug-likeness (QED) is 0.922. The lowest BCUT2D eigenvalue weighted by molar-refractivity contribution is 0.0972. The minimum absolute atomic E-state index is 0.251. The summed E-state index contributed by atoms with van der Waals surface area (Å²) in [7, 11) is 0. The SMILES string of the molecule is CC(C)n1cc(CN2CC[C@@H](c3ccccc3)[C@@H](CO)C2)cn1. The molecule has 1 fully saturated rings. The van der Waals surface area contributed by atoms with Crippen LogP contribution in [0.2, 0.25) is 0 Å². The standard InChI is InChI=1S/C19H27N3O/c1-15(2)22-12-16(10-20-22)11-21-9-8-19(18(13-21)14-23)17-6-4-3-5-7-17/h3-7,10,12,15,18-19,23H,8-9,11,13-14H2,1-2H3/t18-,19+/m1/s1. The van der Waals surface area contributed by atoms with Crippen LogP contribution in [0.25, 0.3) is 0 Å². The molecule has 0 amide bonds. The summed E-state index contributed by atoms with van der Waals surface area (Å²) in [4.78, 5) is 2.45. The first-order chi connectivity index (χ1) is 11.2. The van der Waals surface area contributed by atoms with E-state index in [1.165, 1.54) is 11.1 Å². The van der Waals surface area contributed by atoms with Gasteiger partial charge in [0.05, 0.1) is 6.20 Å². The summed E-state index contributed by atoms with van der Waals surface area (Å²) in [5.41, 5.74) is 2.62. The van der Waals surface area contributed by atoms with Crippen molar-refractivity contribution in [2.45, 2.75) is 38.8 Å². The van der Waals surface area contributed by atoms with E-state index >= 15 is 0 Å². The lowest BCUT2D eigenvalue weighted by Crippen LogP contribution is -2.40. The Balaban J connectivity index is 1.64. The number of rotatable bonds is 5. The fraction of sp³-hybridized carbons (Fsp3) is 0.526. The molecule has 124 valence electrons. The third-order valence-corrected chi connectivity index (χ3v) is 4.87. The number of nitrogens with zero attached hydrogens (tertiary/aromatic N) is 3. The van der Waals surface area contributed by atoms with Gasteiger partial charge in [0.15, 0.2) is 0 Å².